The summed E-state index contributed by atoms with van der Waals surface area (Å²) < 4.78 is 10.3. The number of aromatic amines is 1. The van der Waals surface area contributed by atoms with Crippen LogP contribution in [0, 0.1) is 0 Å². The van der Waals surface area contributed by atoms with E-state index >= 15 is 0 Å². The van der Waals surface area contributed by atoms with Crippen LogP contribution in [0.3, 0.4) is 0 Å². The number of carbonyl (C=O) groups excluding carboxylic acids is 1. The standard InChI is InChI=1S/C14H11NO4/c1-18-9-4-2-8(3-5-9)13-11-10(16)6-7-15-12(11)14(17)19-13/h2-7,13H,1H3,(H,15,16). The van der Waals surface area contributed by atoms with E-state index in [1.165, 1.54) is 12.3 Å². The summed E-state index contributed by atoms with van der Waals surface area (Å²) in [5.74, 6) is 0.198. The smallest absolute Gasteiger partial charge is 0.356 e. The number of fused-ring (bicyclic) bond motifs is 1. The Morgan fingerprint density at radius 2 is 1.89 bits per heavy atom. The van der Waals surface area contributed by atoms with Gasteiger partial charge in [0.05, 0.1) is 12.7 Å². The monoisotopic (exact) mass is 257 g/mol. The number of hydrogen-bond acceptors (Lipinski definition) is 4. The molecule has 0 spiro atoms. The van der Waals surface area contributed by atoms with Crippen LogP contribution in [-0.2, 0) is 4.74 Å². The van der Waals surface area contributed by atoms with Crippen molar-refractivity contribution in [3.8, 4) is 5.75 Å². The Hall–Kier alpha value is -2.56. The molecule has 5 nitrogen and oxygen atoms in total. The SMILES string of the molecule is COc1ccc(C2OC(=O)c3[nH]ccc(=O)c32)cc1. The fourth-order valence-electron chi connectivity index (χ4n) is 2.16. The molecule has 2 heterocycles. The van der Waals surface area contributed by atoms with Crippen LogP contribution in [0.5, 0.6) is 5.75 Å². The number of esters is 1. The lowest BCUT2D eigenvalue weighted by atomic mass is 10.0. The first kappa shape index (κ1) is 11.5. The summed E-state index contributed by atoms with van der Waals surface area (Å²) in [6.07, 6.45) is 0.789. The lowest BCUT2D eigenvalue weighted by molar-refractivity contribution is 0.0451. The maximum atomic E-state index is 11.9. The Morgan fingerprint density at radius 3 is 2.58 bits per heavy atom. The largest absolute Gasteiger partial charge is 0.497 e. The molecule has 0 fully saturated rings. The molecule has 5 heteroatoms. The number of H-pyrrole nitrogens is 1. The van der Waals surface area contributed by atoms with Gasteiger partial charge in [0, 0.05) is 12.3 Å². The van der Waals surface area contributed by atoms with Crippen LogP contribution in [0.2, 0.25) is 0 Å². The Kier molecular flexibility index (Phi) is 2.59. The molecule has 19 heavy (non-hydrogen) atoms. The zero-order valence-corrected chi connectivity index (χ0v) is 10.2. The number of benzene rings is 1. The van der Waals surface area contributed by atoms with Crippen LogP contribution >= 0.6 is 0 Å². The first-order chi connectivity index (χ1) is 9.20. The van der Waals surface area contributed by atoms with Crippen molar-refractivity contribution in [1.82, 2.24) is 4.98 Å². The third-order valence-electron chi connectivity index (χ3n) is 3.11. The molecule has 0 bridgehead atoms. The molecule has 1 aromatic carbocycles. The van der Waals surface area contributed by atoms with Crippen molar-refractivity contribution in [2.75, 3.05) is 7.11 Å². The third kappa shape index (κ3) is 1.79. The molecule has 1 N–H and O–H groups in total. The lowest BCUT2D eigenvalue weighted by Crippen LogP contribution is -2.12. The molecule has 1 aromatic heterocycles. The summed E-state index contributed by atoms with van der Waals surface area (Å²) in [7, 11) is 1.57. The summed E-state index contributed by atoms with van der Waals surface area (Å²) >= 11 is 0. The molecule has 96 valence electrons. The molecule has 1 aliphatic rings. The van der Waals surface area contributed by atoms with Gasteiger partial charge in [-0.3, -0.25) is 4.79 Å². The van der Waals surface area contributed by atoms with Crippen molar-refractivity contribution in [3.63, 3.8) is 0 Å². The minimum atomic E-state index is -0.654. The average molecular weight is 257 g/mol. The van der Waals surface area contributed by atoms with E-state index in [1.807, 2.05) is 0 Å². The highest BCUT2D eigenvalue weighted by Crippen LogP contribution is 2.33. The van der Waals surface area contributed by atoms with Gasteiger partial charge in [-0.1, -0.05) is 12.1 Å². The summed E-state index contributed by atoms with van der Waals surface area (Å²) in [5.41, 5.74) is 1.12. The van der Waals surface area contributed by atoms with Crippen LogP contribution < -0.4 is 10.2 Å². The topological polar surface area (TPSA) is 68.4 Å². The van der Waals surface area contributed by atoms with Gasteiger partial charge in [0.15, 0.2) is 11.5 Å². The van der Waals surface area contributed by atoms with E-state index in [4.69, 9.17) is 9.47 Å². The first-order valence-corrected chi connectivity index (χ1v) is 5.77. The van der Waals surface area contributed by atoms with Crippen LogP contribution in [0.15, 0.2) is 41.3 Å². The first-order valence-electron chi connectivity index (χ1n) is 5.77. The highest BCUT2D eigenvalue weighted by Gasteiger charge is 2.35. The number of aromatic nitrogens is 1. The fraction of sp³-hybridized carbons (Fsp3) is 0.143. The van der Waals surface area contributed by atoms with Gasteiger partial charge in [0.2, 0.25) is 0 Å². The van der Waals surface area contributed by atoms with Crippen LogP contribution in [-0.4, -0.2) is 18.1 Å². The summed E-state index contributed by atoms with van der Waals surface area (Å²) in [4.78, 5) is 26.4. The second-order valence-electron chi connectivity index (χ2n) is 4.19. The van der Waals surface area contributed by atoms with E-state index in [2.05, 4.69) is 4.98 Å². The molecule has 0 saturated heterocycles. The number of carbonyl (C=O) groups is 1. The summed E-state index contributed by atoms with van der Waals surface area (Å²) in [6, 6.07) is 8.46. The zero-order valence-electron chi connectivity index (χ0n) is 10.2. The van der Waals surface area contributed by atoms with Gasteiger partial charge in [0.25, 0.3) is 0 Å². The van der Waals surface area contributed by atoms with Crippen molar-refractivity contribution in [1.29, 1.82) is 0 Å². The molecule has 1 unspecified atom stereocenters. The van der Waals surface area contributed by atoms with Gasteiger partial charge in [0.1, 0.15) is 11.4 Å². The number of rotatable bonds is 2. The number of pyridine rings is 1. The molecule has 1 aliphatic heterocycles. The minimum absolute atomic E-state index is 0.208. The predicted octanol–water partition coefficient (Wildman–Crippen LogP) is 1.64. The second-order valence-corrected chi connectivity index (χ2v) is 4.19. The molecular formula is C14H11NO4. The number of ether oxygens (including phenoxy) is 2. The Labute approximate surface area is 108 Å². The summed E-state index contributed by atoms with van der Waals surface area (Å²) in [6.45, 7) is 0. The fourth-order valence-corrected chi connectivity index (χ4v) is 2.16. The van der Waals surface area contributed by atoms with Gasteiger partial charge >= 0.3 is 5.97 Å². The van der Waals surface area contributed by atoms with E-state index in [1.54, 1.807) is 31.4 Å². The van der Waals surface area contributed by atoms with Crippen LogP contribution in [0.25, 0.3) is 0 Å². The van der Waals surface area contributed by atoms with Crippen LogP contribution in [0.1, 0.15) is 27.7 Å². The van der Waals surface area contributed by atoms with Gasteiger partial charge in [-0.15, -0.1) is 0 Å². The highest BCUT2D eigenvalue weighted by molar-refractivity contribution is 5.92. The van der Waals surface area contributed by atoms with Crippen LogP contribution in [0.4, 0.5) is 0 Å². The second kappa shape index (κ2) is 4.28. The van der Waals surface area contributed by atoms with E-state index in [9.17, 15) is 9.59 Å². The molecule has 1 atom stereocenters. The number of cyclic esters (lactones) is 1. The number of nitrogens with one attached hydrogen (secondary N) is 1. The highest BCUT2D eigenvalue weighted by atomic mass is 16.5. The maximum Gasteiger partial charge on any atom is 0.356 e. The van der Waals surface area contributed by atoms with E-state index < -0.39 is 12.1 Å². The molecule has 0 amide bonds. The summed E-state index contributed by atoms with van der Waals surface area (Å²) in [5, 5.41) is 0. The zero-order chi connectivity index (χ0) is 13.4. The number of methoxy groups -OCH3 is 1. The Balaban J connectivity index is 2.09. The van der Waals surface area contributed by atoms with Crippen molar-refractivity contribution >= 4 is 5.97 Å². The molecule has 0 saturated carbocycles. The molecule has 0 aliphatic carbocycles. The van der Waals surface area contributed by atoms with Gasteiger partial charge in [-0.25, -0.2) is 4.79 Å². The van der Waals surface area contributed by atoms with Crippen molar-refractivity contribution in [2.45, 2.75) is 6.10 Å². The number of hydrogen-bond donors (Lipinski definition) is 1. The predicted molar refractivity (Wildman–Crippen MR) is 67.3 cm³/mol. The van der Waals surface area contributed by atoms with Gasteiger partial charge in [-0.05, 0) is 17.7 Å². The molecule has 3 rings (SSSR count). The maximum absolute atomic E-state index is 11.9. The quantitative estimate of drug-likeness (QED) is 0.830. The molecular weight excluding hydrogens is 246 g/mol. The van der Waals surface area contributed by atoms with E-state index in [0.29, 0.717) is 11.3 Å². The van der Waals surface area contributed by atoms with Gasteiger partial charge < -0.3 is 14.5 Å². The van der Waals surface area contributed by atoms with Gasteiger partial charge in [-0.2, -0.15) is 0 Å². The normalized spacial score (nSPS) is 16.9. The Morgan fingerprint density at radius 1 is 1.16 bits per heavy atom. The van der Waals surface area contributed by atoms with E-state index in [-0.39, 0.29) is 11.1 Å². The Bertz CT molecular complexity index is 687. The van der Waals surface area contributed by atoms with E-state index in [0.717, 1.165) is 5.56 Å². The van der Waals surface area contributed by atoms with Crippen molar-refractivity contribution in [3.05, 3.63) is 63.6 Å². The minimum Gasteiger partial charge on any atom is -0.497 e. The molecule has 0 radical (unpaired) electrons. The molecule has 2 aromatic rings. The third-order valence-corrected chi connectivity index (χ3v) is 3.11. The lowest BCUT2D eigenvalue weighted by Gasteiger charge is -2.10. The van der Waals surface area contributed by atoms with Crippen molar-refractivity contribution in [2.24, 2.45) is 0 Å². The average Bonchev–Trinajstić information content (AvgIpc) is 2.78. The van der Waals surface area contributed by atoms with Crippen molar-refractivity contribution < 1.29 is 14.3 Å².